The minimum absolute atomic E-state index is 0. The molecule has 0 aromatic heterocycles. The highest BCUT2D eigenvalue weighted by molar-refractivity contribution is 5.97. The maximum Gasteiger partial charge on any atom is 0.255 e. The molecule has 2 heterocycles. The fourth-order valence-electron chi connectivity index (χ4n) is 3.74. The molecule has 8 nitrogen and oxygen atoms in total. The molecule has 3 fully saturated rings. The second-order valence-corrected chi connectivity index (χ2v) is 8.03. The monoisotopic (exact) mass is 444 g/mol. The molecule has 2 aromatic carbocycles. The number of para-hydroxylation sites is 1. The first-order valence-corrected chi connectivity index (χ1v) is 10.8. The molecular formula is C24H32N2O6. The van der Waals surface area contributed by atoms with Gasteiger partial charge in [-0.2, -0.15) is 0 Å². The van der Waals surface area contributed by atoms with E-state index in [2.05, 4.69) is 5.32 Å². The van der Waals surface area contributed by atoms with Crippen molar-refractivity contribution in [2.75, 3.05) is 20.3 Å². The standard InChI is InChI=1S/C20H21NO5.C4H7NO.2H2/c1-23-13-5-4-6-14(11-13)26-17-8-3-2-7-15(17)20(22)21-16-12-25-18-9-10-24-19(16)18;5-4(6)3-1-2-3;;/h2-8,11,16,18-19H,9-10,12H2,1H3,(H,21,22);3H,1-2H2,(H2,5,6);2*1H/t16-,18+,19+;;;/m0.../s1. The van der Waals surface area contributed by atoms with Crippen LogP contribution in [-0.4, -0.2) is 50.4 Å². The number of fused-ring (bicyclic) bond motifs is 1. The van der Waals surface area contributed by atoms with Crippen molar-refractivity contribution in [2.45, 2.75) is 37.5 Å². The average Bonchev–Trinajstić information content (AvgIpc) is 3.45. The topological polar surface area (TPSA) is 109 Å². The van der Waals surface area contributed by atoms with Crippen molar-refractivity contribution in [2.24, 2.45) is 11.7 Å². The summed E-state index contributed by atoms with van der Waals surface area (Å²) in [7, 11) is 1.60. The molecule has 0 radical (unpaired) electrons. The molecular weight excluding hydrogens is 412 g/mol. The Morgan fingerprint density at radius 2 is 1.84 bits per heavy atom. The normalized spacial score (nSPS) is 23.5. The number of methoxy groups -OCH3 is 1. The van der Waals surface area contributed by atoms with Crippen molar-refractivity contribution in [3.8, 4) is 17.2 Å². The molecule has 8 heteroatoms. The van der Waals surface area contributed by atoms with E-state index in [1.165, 1.54) is 0 Å². The lowest BCUT2D eigenvalue weighted by Gasteiger charge is -2.18. The number of carbonyl (C=O) groups is 2. The van der Waals surface area contributed by atoms with Crippen LogP contribution in [0.2, 0.25) is 0 Å². The van der Waals surface area contributed by atoms with Crippen LogP contribution in [0, 0.1) is 5.92 Å². The molecule has 3 aliphatic rings. The van der Waals surface area contributed by atoms with E-state index < -0.39 is 0 Å². The molecule has 2 saturated heterocycles. The number of ether oxygens (including phenoxy) is 4. The summed E-state index contributed by atoms with van der Waals surface area (Å²) >= 11 is 0. The van der Waals surface area contributed by atoms with Gasteiger partial charge in [0.2, 0.25) is 5.91 Å². The van der Waals surface area contributed by atoms with Crippen LogP contribution in [0.1, 0.15) is 32.5 Å². The van der Waals surface area contributed by atoms with Crippen molar-refractivity contribution < 1.29 is 31.4 Å². The molecule has 1 saturated carbocycles. The van der Waals surface area contributed by atoms with Crippen molar-refractivity contribution in [1.29, 1.82) is 0 Å². The fraction of sp³-hybridized carbons (Fsp3) is 0.417. The van der Waals surface area contributed by atoms with Crippen molar-refractivity contribution in [3.63, 3.8) is 0 Å². The smallest absolute Gasteiger partial charge is 0.255 e. The molecule has 2 aromatic rings. The lowest BCUT2D eigenvalue weighted by molar-refractivity contribution is -0.119. The van der Waals surface area contributed by atoms with E-state index in [0.717, 1.165) is 19.3 Å². The zero-order valence-corrected chi connectivity index (χ0v) is 18.0. The van der Waals surface area contributed by atoms with E-state index in [0.29, 0.717) is 36.0 Å². The van der Waals surface area contributed by atoms with Gasteiger partial charge in [0.15, 0.2) is 0 Å². The number of rotatable bonds is 6. The van der Waals surface area contributed by atoms with Crippen LogP contribution in [0.25, 0.3) is 0 Å². The quantitative estimate of drug-likeness (QED) is 0.708. The third-order valence-corrected chi connectivity index (χ3v) is 5.66. The molecule has 32 heavy (non-hydrogen) atoms. The Morgan fingerprint density at radius 3 is 2.56 bits per heavy atom. The number of benzene rings is 2. The Hall–Kier alpha value is -3.10. The zero-order valence-electron chi connectivity index (χ0n) is 18.0. The van der Waals surface area contributed by atoms with E-state index in [9.17, 15) is 9.59 Å². The summed E-state index contributed by atoms with van der Waals surface area (Å²) in [5, 5.41) is 3.02. The van der Waals surface area contributed by atoms with Crippen LogP contribution < -0.4 is 20.5 Å². The Balaban J connectivity index is 0.000000448. The summed E-state index contributed by atoms with van der Waals surface area (Å²) in [5.74, 6) is 1.69. The van der Waals surface area contributed by atoms with Gasteiger partial charge in [-0.1, -0.05) is 18.2 Å². The van der Waals surface area contributed by atoms with Gasteiger partial charge in [-0.3, -0.25) is 9.59 Å². The molecule has 0 bridgehead atoms. The van der Waals surface area contributed by atoms with Gasteiger partial charge in [-0.15, -0.1) is 0 Å². The minimum atomic E-state index is -0.201. The molecule has 3 N–H and O–H groups in total. The van der Waals surface area contributed by atoms with E-state index in [1.807, 2.05) is 30.3 Å². The predicted octanol–water partition coefficient (Wildman–Crippen LogP) is 3.15. The largest absolute Gasteiger partial charge is 0.497 e. The first-order chi connectivity index (χ1) is 15.5. The fourth-order valence-corrected chi connectivity index (χ4v) is 3.74. The number of hydrogen-bond donors (Lipinski definition) is 2. The second kappa shape index (κ2) is 10.0. The van der Waals surface area contributed by atoms with Crippen LogP contribution in [0.5, 0.6) is 17.2 Å². The number of hydrogen-bond acceptors (Lipinski definition) is 6. The molecule has 2 aliphatic heterocycles. The number of carbonyl (C=O) groups excluding carboxylic acids is 2. The molecule has 1 aliphatic carbocycles. The van der Waals surface area contributed by atoms with E-state index in [-0.39, 0.29) is 38.8 Å². The third-order valence-electron chi connectivity index (χ3n) is 5.66. The van der Waals surface area contributed by atoms with Gasteiger partial charge in [0.05, 0.1) is 31.4 Å². The highest BCUT2D eigenvalue weighted by atomic mass is 16.6. The van der Waals surface area contributed by atoms with Gasteiger partial charge < -0.3 is 30.0 Å². The second-order valence-electron chi connectivity index (χ2n) is 8.03. The van der Waals surface area contributed by atoms with Crippen LogP contribution in [0.15, 0.2) is 48.5 Å². The van der Waals surface area contributed by atoms with Gasteiger partial charge in [0, 0.05) is 21.4 Å². The SMILES string of the molecule is COc1cccc(Oc2ccccc2C(=O)N[C@H]2CO[C@@H]3CCO[C@H]23)c1.NC(=O)C1CC1.[HH].[HH]. The average molecular weight is 445 g/mol. The summed E-state index contributed by atoms with van der Waals surface area (Å²) in [4.78, 5) is 22.8. The maximum atomic E-state index is 12.8. The van der Waals surface area contributed by atoms with Gasteiger partial charge in [-0.25, -0.2) is 0 Å². The van der Waals surface area contributed by atoms with Crippen LogP contribution >= 0.6 is 0 Å². The predicted molar refractivity (Wildman–Crippen MR) is 121 cm³/mol. The summed E-state index contributed by atoms with van der Waals surface area (Å²) in [6.07, 6.45) is 2.95. The number of primary amides is 1. The number of amides is 2. The van der Waals surface area contributed by atoms with E-state index in [1.54, 1.807) is 25.3 Å². The zero-order chi connectivity index (χ0) is 22.5. The van der Waals surface area contributed by atoms with Crippen LogP contribution in [0.4, 0.5) is 0 Å². The van der Waals surface area contributed by atoms with Crippen LogP contribution in [0.3, 0.4) is 0 Å². The maximum absolute atomic E-state index is 12.8. The van der Waals surface area contributed by atoms with Gasteiger partial charge >= 0.3 is 0 Å². The molecule has 174 valence electrons. The van der Waals surface area contributed by atoms with Gasteiger partial charge in [0.25, 0.3) is 5.91 Å². The van der Waals surface area contributed by atoms with Gasteiger partial charge in [-0.05, 0) is 43.5 Å². The lowest BCUT2D eigenvalue weighted by atomic mass is 10.1. The van der Waals surface area contributed by atoms with Gasteiger partial charge in [0.1, 0.15) is 23.4 Å². The molecule has 3 atom stereocenters. The minimum Gasteiger partial charge on any atom is -0.497 e. The number of nitrogens with one attached hydrogen (secondary N) is 1. The molecule has 0 spiro atoms. The Kier molecular flexibility index (Phi) is 6.92. The van der Waals surface area contributed by atoms with E-state index >= 15 is 0 Å². The highest BCUT2D eigenvalue weighted by Gasteiger charge is 2.42. The highest BCUT2D eigenvalue weighted by Crippen LogP contribution is 2.30. The Bertz CT molecular complexity index is 972. The number of nitrogens with two attached hydrogens (primary N) is 1. The summed E-state index contributed by atoms with van der Waals surface area (Å²) in [6, 6.07) is 14.3. The molecule has 5 rings (SSSR count). The Labute approximate surface area is 189 Å². The first kappa shape index (κ1) is 22.1. The summed E-state index contributed by atoms with van der Waals surface area (Å²) in [5.41, 5.74) is 5.33. The van der Waals surface area contributed by atoms with E-state index in [4.69, 9.17) is 24.7 Å². The molecule has 0 unspecified atom stereocenters. The third kappa shape index (κ3) is 5.38. The van der Waals surface area contributed by atoms with Crippen molar-refractivity contribution >= 4 is 11.8 Å². The van der Waals surface area contributed by atoms with Crippen LogP contribution in [-0.2, 0) is 14.3 Å². The lowest BCUT2D eigenvalue weighted by Crippen LogP contribution is -2.43. The summed E-state index contributed by atoms with van der Waals surface area (Å²) < 4.78 is 22.5. The molecule has 2 amide bonds. The Morgan fingerprint density at radius 1 is 1.06 bits per heavy atom. The van der Waals surface area contributed by atoms with Crippen molar-refractivity contribution in [3.05, 3.63) is 54.1 Å². The first-order valence-electron chi connectivity index (χ1n) is 10.8. The summed E-state index contributed by atoms with van der Waals surface area (Å²) in [6.45, 7) is 1.15. The van der Waals surface area contributed by atoms with Crippen molar-refractivity contribution in [1.82, 2.24) is 5.32 Å².